The monoisotopic (exact) mass is 232 g/mol. The molecule has 0 aromatic rings. The minimum Gasteiger partial charge on any atom is -0.257 e. The molecule has 1 nitrogen and oxygen atoms in total. The molecular weight excluding hydrogens is 206 g/mol. The van der Waals surface area contributed by atoms with Gasteiger partial charge in [-0.2, -0.15) is 0 Å². The van der Waals surface area contributed by atoms with Crippen molar-refractivity contribution in [3.8, 4) is 0 Å². The Kier molecular flexibility index (Phi) is 4.70. The van der Waals surface area contributed by atoms with Crippen molar-refractivity contribution < 1.29 is 0 Å². The fourth-order valence-electron chi connectivity index (χ4n) is 2.84. The Morgan fingerprint density at radius 3 is 2.76 bits per heavy atom. The zero-order valence-corrected chi connectivity index (χ0v) is 11.5. The van der Waals surface area contributed by atoms with Crippen LogP contribution in [0.15, 0.2) is 23.0 Å². The van der Waals surface area contributed by atoms with Crippen LogP contribution in [0.5, 0.6) is 0 Å². The Hall–Kier alpha value is -0.720. The predicted octanol–water partition coefficient (Wildman–Crippen LogP) is 4.92. The van der Waals surface area contributed by atoms with Crippen LogP contribution in [0.25, 0.3) is 0 Å². The quantitative estimate of drug-likeness (QED) is 0.577. The zero-order chi connectivity index (χ0) is 12.1. The van der Waals surface area contributed by atoms with Gasteiger partial charge in [0, 0.05) is 11.4 Å². The lowest BCUT2D eigenvalue weighted by Crippen LogP contribution is -2.09. The van der Waals surface area contributed by atoms with Gasteiger partial charge in [-0.3, -0.25) is 5.32 Å². The van der Waals surface area contributed by atoms with Crippen LogP contribution in [0.3, 0.4) is 0 Å². The van der Waals surface area contributed by atoms with Gasteiger partial charge in [-0.25, -0.2) is 0 Å². The largest absolute Gasteiger partial charge is 0.257 e. The Morgan fingerprint density at radius 1 is 1.18 bits per heavy atom. The molecule has 0 aromatic carbocycles. The van der Waals surface area contributed by atoms with Gasteiger partial charge in [-0.1, -0.05) is 39.5 Å². The second kappa shape index (κ2) is 6.28. The summed E-state index contributed by atoms with van der Waals surface area (Å²) >= 11 is 0. The summed E-state index contributed by atoms with van der Waals surface area (Å²) in [7, 11) is 0. The highest BCUT2D eigenvalue weighted by atomic mass is 14.9. The number of unbranched alkanes of at least 4 members (excludes halogenated alkanes) is 3. The summed E-state index contributed by atoms with van der Waals surface area (Å²) in [6.07, 6.45) is 14.4. The highest BCUT2D eigenvalue weighted by Gasteiger charge is 2.22. The van der Waals surface area contributed by atoms with E-state index in [1.807, 2.05) is 0 Å². The molecule has 1 heteroatoms. The maximum atomic E-state index is 4.85. The van der Waals surface area contributed by atoms with Crippen LogP contribution in [-0.2, 0) is 0 Å². The lowest BCUT2D eigenvalue weighted by Gasteiger charge is -2.14. The Bertz CT molecular complexity index is 311. The van der Waals surface area contributed by atoms with E-state index in [0.717, 1.165) is 0 Å². The topological polar surface area (TPSA) is 14.1 Å². The molecular formula is C16H26N. The Labute approximate surface area is 106 Å². The molecule has 17 heavy (non-hydrogen) atoms. The molecule has 0 spiro atoms. The van der Waals surface area contributed by atoms with Crippen LogP contribution >= 0.6 is 0 Å². The van der Waals surface area contributed by atoms with E-state index in [-0.39, 0.29) is 0 Å². The first-order chi connectivity index (χ1) is 8.31. The smallest absolute Gasteiger partial charge is 0.0439 e. The highest BCUT2D eigenvalue weighted by Crippen LogP contribution is 2.34. The van der Waals surface area contributed by atoms with Gasteiger partial charge in [0.25, 0.3) is 0 Å². The van der Waals surface area contributed by atoms with E-state index < -0.39 is 0 Å². The van der Waals surface area contributed by atoms with Gasteiger partial charge >= 0.3 is 0 Å². The molecule has 0 amide bonds. The van der Waals surface area contributed by atoms with E-state index >= 15 is 0 Å². The second-order valence-corrected chi connectivity index (χ2v) is 5.61. The van der Waals surface area contributed by atoms with Gasteiger partial charge in [0.1, 0.15) is 0 Å². The minimum absolute atomic E-state index is 0.664. The molecule has 0 saturated heterocycles. The van der Waals surface area contributed by atoms with Crippen molar-refractivity contribution in [3.63, 3.8) is 0 Å². The normalized spacial score (nSPS) is 20.9. The summed E-state index contributed by atoms with van der Waals surface area (Å²) in [6, 6.07) is 0. The Morgan fingerprint density at radius 2 is 2.00 bits per heavy atom. The summed E-state index contributed by atoms with van der Waals surface area (Å²) in [5, 5.41) is 4.85. The van der Waals surface area contributed by atoms with E-state index in [4.69, 9.17) is 5.32 Å². The van der Waals surface area contributed by atoms with Crippen LogP contribution in [0.2, 0.25) is 0 Å². The first-order valence-corrected chi connectivity index (χ1v) is 7.46. The molecule has 1 atom stereocenters. The minimum atomic E-state index is 0.664. The lowest BCUT2D eigenvalue weighted by atomic mass is 9.96. The summed E-state index contributed by atoms with van der Waals surface area (Å²) < 4.78 is 0. The number of rotatable bonds is 6. The number of hydrogen-bond donors (Lipinski definition) is 0. The van der Waals surface area contributed by atoms with Crippen LogP contribution in [0.4, 0.5) is 0 Å². The van der Waals surface area contributed by atoms with Crippen molar-refractivity contribution in [2.75, 3.05) is 0 Å². The SMILES string of the molecule is CCCCCCC(C)C1=CC2=C(CCCC2)[N]1. The van der Waals surface area contributed by atoms with E-state index in [1.165, 1.54) is 69.2 Å². The molecule has 1 heterocycles. The molecule has 0 aromatic heterocycles. The van der Waals surface area contributed by atoms with Crippen LogP contribution in [0.1, 0.15) is 71.6 Å². The first-order valence-electron chi connectivity index (χ1n) is 7.46. The van der Waals surface area contributed by atoms with Crippen LogP contribution in [-0.4, -0.2) is 0 Å². The van der Waals surface area contributed by atoms with Crippen molar-refractivity contribution in [3.05, 3.63) is 23.0 Å². The molecule has 95 valence electrons. The third kappa shape index (κ3) is 3.37. The van der Waals surface area contributed by atoms with Crippen LogP contribution < -0.4 is 5.32 Å². The van der Waals surface area contributed by atoms with E-state index in [9.17, 15) is 0 Å². The summed E-state index contributed by atoms with van der Waals surface area (Å²) in [4.78, 5) is 0. The zero-order valence-electron chi connectivity index (χ0n) is 11.5. The average molecular weight is 232 g/mol. The van der Waals surface area contributed by atoms with Crippen LogP contribution in [0, 0.1) is 5.92 Å². The third-order valence-electron chi connectivity index (χ3n) is 4.06. The molecule has 2 aliphatic rings. The maximum absolute atomic E-state index is 4.85. The van der Waals surface area contributed by atoms with Gasteiger partial charge < -0.3 is 0 Å². The van der Waals surface area contributed by atoms with Gasteiger partial charge in [0.2, 0.25) is 0 Å². The van der Waals surface area contributed by atoms with E-state index in [2.05, 4.69) is 19.9 Å². The Balaban J connectivity index is 1.76. The van der Waals surface area contributed by atoms with Gasteiger partial charge in [0.05, 0.1) is 0 Å². The van der Waals surface area contributed by atoms with Crippen molar-refractivity contribution in [2.45, 2.75) is 71.6 Å². The molecule has 1 aliphatic heterocycles. The maximum Gasteiger partial charge on any atom is 0.0439 e. The highest BCUT2D eigenvalue weighted by molar-refractivity contribution is 5.38. The van der Waals surface area contributed by atoms with E-state index in [1.54, 1.807) is 5.57 Å². The summed E-state index contributed by atoms with van der Waals surface area (Å²) in [5.74, 6) is 0.664. The molecule has 1 radical (unpaired) electrons. The lowest BCUT2D eigenvalue weighted by molar-refractivity contribution is 0.522. The molecule has 0 fully saturated rings. The molecule has 1 unspecified atom stereocenters. The molecule has 0 N–H and O–H groups in total. The van der Waals surface area contributed by atoms with Crippen molar-refractivity contribution in [2.24, 2.45) is 5.92 Å². The molecule has 0 bridgehead atoms. The third-order valence-corrected chi connectivity index (χ3v) is 4.06. The van der Waals surface area contributed by atoms with Gasteiger partial charge in [-0.15, -0.1) is 0 Å². The summed E-state index contributed by atoms with van der Waals surface area (Å²) in [6.45, 7) is 4.62. The molecule has 1 aliphatic carbocycles. The predicted molar refractivity (Wildman–Crippen MR) is 73.6 cm³/mol. The van der Waals surface area contributed by atoms with Crippen molar-refractivity contribution in [1.82, 2.24) is 5.32 Å². The number of hydrogen-bond acceptors (Lipinski definition) is 0. The van der Waals surface area contributed by atoms with Crippen molar-refractivity contribution >= 4 is 0 Å². The first kappa shape index (κ1) is 12.7. The average Bonchev–Trinajstić information content (AvgIpc) is 2.78. The van der Waals surface area contributed by atoms with Gasteiger partial charge in [-0.05, 0) is 49.7 Å². The molecule has 0 saturated carbocycles. The fourth-order valence-corrected chi connectivity index (χ4v) is 2.84. The van der Waals surface area contributed by atoms with E-state index in [0.29, 0.717) is 5.92 Å². The second-order valence-electron chi connectivity index (χ2n) is 5.61. The fraction of sp³-hybridized carbons (Fsp3) is 0.750. The van der Waals surface area contributed by atoms with Crippen molar-refractivity contribution in [1.29, 1.82) is 0 Å². The number of allylic oxidation sites excluding steroid dienone is 4. The van der Waals surface area contributed by atoms with Gasteiger partial charge in [0.15, 0.2) is 0 Å². The molecule has 2 rings (SSSR count). The summed E-state index contributed by atoms with van der Waals surface area (Å²) in [5.41, 5.74) is 4.33. The standard InChI is InChI=1S/C16H26N/c1-3-4-5-6-9-13(2)16-12-14-10-7-8-11-15(14)17-16/h12-13H,3-11H2,1-2H3. The number of nitrogens with zero attached hydrogens (tertiary/aromatic N) is 1.